The third-order valence-corrected chi connectivity index (χ3v) is 27.4. The number of hydrogen-bond donors (Lipinski definition) is 0. The Morgan fingerprint density at radius 1 is 0.167 bits per heavy atom. The van der Waals surface area contributed by atoms with Gasteiger partial charge < -0.3 is 13.3 Å². The van der Waals surface area contributed by atoms with Gasteiger partial charge in [-0.2, -0.15) is 0 Å². The van der Waals surface area contributed by atoms with Gasteiger partial charge in [0.2, 0.25) is 0 Å². The van der Waals surface area contributed by atoms with Crippen molar-refractivity contribution in [1.29, 1.82) is 0 Å². The lowest BCUT2D eigenvalue weighted by Crippen LogP contribution is -1.90. The first-order valence-corrected chi connectivity index (χ1v) is 46.9. The van der Waals surface area contributed by atoms with Crippen LogP contribution in [0.2, 0.25) is 0 Å². The van der Waals surface area contributed by atoms with Gasteiger partial charge in [0.15, 0.2) is 0 Å². The number of hydrogen-bond acceptors (Lipinski definition) is 3. The highest BCUT2D eigenvalue weighted by atomic mass is 16.3. The molecule has 0 saturated carbocycles. The van der Waals surface area contributed by atoms with E-state index in [-0.39, 0.29) is 59.5 Å². The quantitative estimate of drug-likeness (QED) is 0.108. The second-order valence-corrected chi connectivity index (χ2v) is 35.6. The van der Waals surface area contributed by atoms with Crippen LogP contribution in [-0.4, -0.2) is 0 Å². The zero-order valence-corrected chi connectivity index (χ0v) is 75.4. The molecule has 3 aromatic heterocycles. The highest BCUT2D eigenvalue weighted by molar-refractivity contribution is 6.27. The Morgan fingerprint density at radius 3 is 0.884 bits per heavy atom. The van der Waals surface area contributed by atoms with Crippen molar-refractivity contribution in [2.45, 2.75) is 19.8 Å². The molecule has 0 unspecified atom stereocenters. The summed E-state index contributed by atoms with van der Waals surface area (Å²) in [6.07, 6.45) is 0. The molecular weight excluding hydrogens is 1670 g/mol. The molecule has 0 bridgehead atoms. The molecule has 0 atom stereocenters. The molecule has 138 heavy (non-hydrogen) atoms. The van der Waals surface area contributed by atoms with Gasteiger partial charge >= 0.3 is 0 Å². The van der Waals surface area contributed by atoms with Crippen LogP contribution in [0.5, 0.6) is 0 Å². The monoisotopic (exact) mass is 1770 g/mol. The molecule has 0 radical (unpaired) electrons. The lowest BCUT2D eigenvalue weighted by molar-refractivity contribution is 0.669. The van der Waals surface area contributed by atoms with Gasteiger partial charge in [0.25, 0.3) is 0 Å². The minimum atomic E-state index is -0.403. The van der Waals surface area contributed by atoms with Crippen LogP contribution in [0.15, 0.2) is 517 Å². The summed E-state index contributed by atoms with van der Waals surface area (Å²) in [6.45, 7) is 4.47. The van der Waals surface area contributed by atoms with Crippen molar-refractivity contribution in [3.8, 4) is 134 Å². The largest absolute Gasteiger partial charge is 0.456 e. The molecule has 0 aliphatic heterocycles. The maximum absolute atomic E-state index is 8.88. The Bertz CT molecular complexity index is 9830. The van der Waals surface area contributed by atoms with E-state index in [0.717, 1.165) is 181 Å². The topological polar surface area (TPSA) is 39.4 Å². The van der Waals surface area contributed by atoms with Crippen LogP contribution in [0.1, 0.15) is 39.0 Å². The Labute approximate surface area is 814 Å². The summed E-state index contributed by atoms with van der Waals surface area (Å²) in [7, 11) is 0. The van der Waals surface area contributed by atoms with Crippen LogP contribution >= 0.6 is 0 Å². The van der Waals surface area contributed by atoms with Crippen molar-refractivity contribution in [3.05, 3.63) is 509 Å². The van der Waals surface area contributed by atoms with Crippen molar-refractivity contribution in [2.24, 2.45) is 0 Å². The molecule has 0 aliphatic rings. The lowest BCUT2D eigenvalue weighted by atomic mass is 9.85. The second-order valence-electron chi connectivity index (χ2n) is 35.6. The average molecular weight is 1770 g/mol. The number of rotatable bonds is 13. The van der Waals surface area contributed by atoms with Crippen LogP contribution in [0.4, 0.5) is 0 Å². The summed E-state index contributed by atoms with van der Waals surface area (Å²) < 4.78 is 106. The average Bonchev–Trinajstić information content (AvgIpc) is 1.13. The fraction of sp³-hybridized carbons (Fsp3) is 0.0222. The molecule has 0 saturated heterocycles. The third-order valence-electron chi connectivity index (χ3n) is 27.4. The molecule has 3 heteroatoms. The van der Waals surface area contributed by atoms with Crippen molar-refractivity contribution in [1.82, 2.24) is 0 Å². The Kier molecular flexibility index (Phi) is 18.2. The van der Waals surface area contributed by atoms with Crippen LogP contribution in [0.25, 0.3) is 264 Å². The van der Waals surface area contributed by atoms with E-state index < -0.39 is 12.1 Å². The molecule has 27 aromatic rings. The minimum Gasteiger partial charge on any atom is -0.456 e. The van der Waals surface area contributed by atoms with E-state index >= 15 is 0 Å². The maximum atomic E-state index is 8.88. The molecule has 0 spiro atoms. The smallest absolute Gasteiger partial charge is 0.143 e. The molecule has 3 nitrogen and oxygen atoms in total. The van der Waals surface area contributed by atoms with Crippen LogP contribution in [0, 0.1) is 0 Å². The molecular formula is C135H90O3. The molecule has 0 amide bonds. The van der Waals surface area contributed by atoms with Crippen molar-refractivity contribution >= 4 is 130 Å². The standard InChI is InChI=1S/C47H34O.2C44H28O/c1-30(2)31-20-22-32(23-21-31)36-14-6-7-15-37(36)34-24-26-38-43-28-35(25-27-44(43)48-45(38)29-34)47-41-18-10-8-16-39(41)46(33-12-4-3-5-13-33)40-17-9-11-19-42(40)47;1-4-14-29(15-5-1)33-25-26-34(30-16-6-2-7-17-30)44-43(33)39-28-32(24-27-40(39)45-44)42-37-22-12-10-20-35(37)41(31-18-8-3-9-19-31)36-21-11-13-23-38(36)42;1-4-14-29(15-5-1)33-25-26-38-39-28-32(24-27-40(39)45-44(38)43(33)31-18-8-3-9-19-31)42-36-22-12-10-20-34(36)41(30-16-6-2-7-17-30)35-21-11-13-23-37(35)42/h3-30H,1-2H3;2*1-28H/i;3D,8D,9D,18D,19D;2D,6D,7D,16D,17D. The zero-order chi connectivity index (χ0) is 100. The van der Waals surface area contributed by atoms with E-state index in [0.29, 0.717) is 17.0 Å². The van der Waals surface area contributed by atoms with E-state index in [1.54, 1.807) is 0 Å². The number of furan rings is 3. The third kappa shape index (κ3) is 14.5. The van der Waals surface area contributed by atoms with E-state index in [1.807, 2.05) is 146 Å². The zero-order valence-electron chi connectivity index (χ0n) is 85.4. The van der Waals surface area contributed by atoms with Crippen LogP contribution in [0.3, 0.4) is 0 Å². The summed E-state index contributed by atoms with van der Waals surface area (Å²) in [6, 6.07) is 151. The molecule has 24 aromatic carbocycles. The fourth-order valence-electron chi connectivity index (χ4n) is 21.1. The highest BCUT2D eigenvalue weighted by Gasteiger charge is 2.27. The predicted molar refractivity (Wildman–Crippen MR) is 586 cm³/mol. The molecule has 0 N–H and O–H groups in total. The number of benzene rings is 24. The summed E-state index contributed by atoms with van der Waals surface area (Å²) in [5.74, 6) is 0.511. The first-order valence-electron chi connectivity index (χ1n) is 51.9. The Hall–Kier alpha value is -17.8. The van der Waals surface area contributed by atoms with Crippen molar-refractivity contribution < 1.29 is 27.0 Å². The minimum absolute atomic E-state index is 0.201. The van der Waals surface area contributed by atoms with Crippen molar-refractivity contribution in [3.63, 3.8) is 0 Å². The van der Waals surface area contributed by atoms with Gasteiger partial charge in [0.05, 0.1) is 13.7 Å². The van der Waals surface area contributed by atoms with Gasteiger partial charge in [-0.05, 0) is 259 Å². The van der Waals surface area contributed by atoms with Gasteiger partial charge in [0, 0.05) is 43.4 Å². The lowest BCUT2D eigenvalue weighted by Gasteiger charge is -2.17. The van der Waals surface area contributed by atoms with Crippen molar-refractivity contribution in [2.75, 3.05) is 0 Å². The summed E-state index contributed by atoms with van der Waals surface area (Å²) >= 11 is 0. The summed E-state index contributed by atoms with van der Waals surface area (Å²) in [5, 5.41) is 18.3. The SMILES string of the molecule is CC(C)c1ccc(-c2ccccc2-c2ccc3c(c2)oc2ccc(-c4c5ccccc5c(-c5ccccc5)c5ccccc45)cc23)cc1.[2H]c1c([2H])c([2H])c(-c2c3ccccc3c(-c3ccc4oc5c(-c6ccccc6)c(-c6ccccc6)ccc5c4c3)c3ccccc23)c([2H])c1[2H].[2H]c1c([2H])c([2H])c(-c2c3ccccc3c(-c3ccc4oc5c(-c6ccccc6)ccc(-c6ccccc6)c5c4c3)c3ccccc23)c([2H])c1[2H]. The van der Waals surface area contributed by atoms with Crippen LogP contribution in [-0.2, 0) is 0 Å². The van der Waals surface area contributed by atoms with Gasteiger partial charge in [-0.15, -0.1) is 0 Å². The fourth-order valence-corrected chi connectivity index (χ4v) is 21.1. The summed E-state index contributed by atoms with van der Waals surface area (Å²) in [5.41, 5.74) is 30.5. The normalized spacial score (nSPS) is 12.6. The number of fused-ring (bicyclic) bond motifs is 15. The van der Waals surface area contributed by atoms with Crippen LogP contribution < -0.4 is 0 Å². The van der Waals surface area contributed by atoms with E-state index in [1.165, 1.54) is 66.1 Å². The predicted octanol–water partition coefficient (Wildman–Crippen LogP) is 38.8. The highest BCUT2D eigenvalue weighted by Crippen LogP contribution is 2.53. The van der Waals surface area contributed by atoms with Gasteiger partial charge in [-0.3, -0.25) is 0 Å². The molecule has 0 aliphatic carbocycles. The van der Waals surface area contributed by atoms with Gasteiger partial charge in [-0.25, -0.2) is 0 Å². The van der Waals surface area contributed by atoms with E-state index in [9.17, 15) is 0 Å². The second kappa shape index (κ2) is 35.0. The molecule has 648 valence electrons. The Balaban J connectivity index is 0.000000115. The molecule has 0 fully saturated rings. The molecule has 27 rings (SSSR count). The van der Waals surface area contributed by atoms with E-state index in [2.05, 4.69) is 311 Å². The van der Waals surface area contributed by atoms with E-state index in [4.69, 9.17) is 27.0 Å². The summed E-state index contributed by atoms with van der Waals surface area (Å²) in [4.78, 5) is 0. The van der Waals surface area contributed by atoms with Gasteiger partial charge in [-0.1, -0.05) is 456 Å². The first kappa shape index (κ1) is 71.9. The first-order chi connectivity index (χ1) is 72.5. The Morgan fingerprint density at radius 2 is 0.457 bits per heavy atom. The van der Waals surface area contributed by atoms with Gasteiger partial charge in [0.1, 0.15) is 33.5 Å². The molecule has 3 heterocycles. The maximum Gasteiger partial charge on any atom is 0.143 e.